The number of carbonyl (C=O) groups is 1. The van der Waals surface area contributed by atoms with Crippen molar-refractivity contribution in [1.29, 1.82) is 0 Å². The van der Waals surface area contributed by atoms with Crippen molar-refractivity contribution in [2.45, 2.75) is 13.0 Å². The predicted molar refractivity (Wildman–Crippen MR) is 61.6 cm³/mol. The van der Waals surface area contributed by atoms with E-state index in [1.54, 1.807) is 12.5 Å². The Bertz CT molecular complexity index is 464. The van der Waals surface area contributed by atoms with Crippen LogP contribution in [0.3, 0.4) is 0 Å². The zero-order valence-electron chi connectivity index (χ0n) is 8.43. The number of H-pyrrole nitrogens is 1. The molecular formula is C10H11N3O2S. The maximum Gasteiger partial charge on any atom is 0.308 e. The van der Waals surface area contributed by atoms with Gasteiger partial charge in [-0.05, 0) is 11.4 Å². The van der Waals surface area contributed by atoms with Gasteiger partial charge in [-0.25, -0.2) is 4.98 Å². The molecule has 0 aliphatic carbocycles. The summed E-state index contributed by atoms with van der Waals surface area (Å²) in [5.41, 5.74) is 1.84. The van der Waals surface area contributed by atoms with E-state index in [1.165, 1.54) is 11.3 Å². The number of imidazole rings is 1. The number of aromatic nitrogens is 2. The van der Waals surface area contributed by atoms with Crippen LogP contribution in [0.4, 0.5) is 5.69 Å². The van der Waals surface area contributed by atoms with Gasteiger partial charge in [0.15, 0.2) is 0 Å². The van der Waals surface area contributed by atoms with Crippen LogP contribution in [0.2, 0.25) is 0 Å². The second-order valence-electron chi connectivity index (χ2n) is 3.26. The van der Waals surface area contributed by atoms with E-state index in [0.29, 0.717) is 6.54 Å². The number of carboxylic acids is 1. The minimum absolute atomic E-state index is 0.0585. The van der Waals surface area contributed by atoms with Crippen molar-refractivity contribution in [3.63, 3.8) is 0 Å². The van der Waals surface area contributed by atoms with Crippen molar-refractivity contribution in [1.82, 2.24) is 9.97 Å². The van der Waals surface area contributed by atoms with Gasteiger partial charge in [-0.2, -0.15) is 0 Å². The molecule has 0 atom stereocenters. The van der Waals surface area contributed by atoms with Gasteiger partial charge < -0.3 is 15.4 Å². The van der Waals surface area contributed by atoms with Crippen LogP contribution in [-0.4, -0.2) is 21.0 Å². The second kappa shape index (κ2) is 4.80. The second-order valence-corrected chi connectivity index (χ2v) is 4.26. The van der Waals surface area contributed by atoms with Crippen molar-refractivity contribution in [2.75, 3.05) is 5.32 Å². The minimum Gasteiger partial charge on any atom is -0.481 e. The van der Waals surface area contributed by atoms with Gasteiger partial charge in [0.25, 0.3) is 0 Å². The SMILES string of the molecule is O=C(O)Cc1sccc1NCc1cnc[nH]1. The van der Waals surface area contributed by atoms with E-state index in [9.17, 15) is 4.79 Å². The Morgan fingerprint density at radius 3 is 3.19 bits per heavy atom. The van der Waals surface area contributed by atoms with E-state index in [2.05, 4.69) is 15.3 Å². The number of rotatable bonds is 5. The van der Waals surface area contributed by atoms with Crippen LogP contribution in [0, 0.1) is 0 Å². The molecule has 0 fully saturated rings. The van der Waals surface area contributed by atoms with E-state index in [0.717, 1.165) is 16.3 Å². The first-order valence-electron chi connectivity index (χ1n) is 4.75. The number of aliphatic carboxylic acids is 1. The molecular weight excluding hydrogens is 226 g/mol. The Morgan fingerprint density at radius 1 is 1.62 bits per heavy atom. The lowest BCUT2D eigenvalue weighted by Gasteiger charge is -2.04. The number of nitrogens with one attached hydrogen (secondary N) is 2. The first kappa shape index (κ1) is 10.7. The van der Waals surface area contributed by atoms with Crippen molar-refractivity contribution in [2.24, 2.45) is 0 Å². The van der Waals surface area contributed by atoms with Crippen LogP contribution in [-0.2, 0) is 17.8 Å². The van der Waals surface area contributed by atoms with E-state index >= 15 is 0 Å². The standard InChI is InChI=1S/C10H11N3O2S/c14-10(15)3-9-8(1-2-16-9)12-5-7-4-11-6-13-7/h1-2,4,6,12H,3,5H2,(H,11,13)(H,14,15). The number of anilines is 1. The molecule has 0 aliphatic heterocycles. The van der Waals surface area contributed by atoms with Gasteiger partial charge in [0.1, 0.15) is 0 Å². The summed E-state index contributed by atoms with van der Waals surface area (Å²) in [7, 11) is 0. The van der Waals surface area contributed by atoms with Crippen LogP contribution in [0.1, 0.15) is 10.6 Å². The Kier molecular flexibility index (Phi) is 3.21. The van der Waals surface area contributed by atoms with Crippen LogP contribution in [0.25, 0.3) is 0 Å². The molecule has 0 aromatic carbocycles. The Hall–Kier alpha value is -1.82. The van der Waals surface area contributed by atoms with E-state index < -0.39 is 5.97 Å². The average Bonchev–Trinajstić information content (AvgIpc) is 2.84. The van der Waals surface area contributed by atoms with Gasteiger partial charge >= 0.3 is 5.97 Å². The summed E-state index contributed by atoms with van der Waals surface area (Å²) in [5, 5.41) is 13.8. The minimum atomic E-state index is -0.813. The summed E-state index contributed by atoms with van der Waals surface area (Å²) in [6.45, 7) is 0.614. The first-order valence-corrected chi connectivity index (χ1v) is 5.63. The summed E-state index contributed by atoms with van der Waals surface area (Å²) in [5.74, 6) is -0.813. The summed E-state index contributed by atoms with van der Waals surface area (Å²) in [6, 6.07) is 1.89. The zero-order chi connectivity index (χ0) is 11.4. The lowest BCUT2D eigenvalue weighted by molar-refractivity contribution is -0.136. The molecule has 16 heavy (non-hydrogen) atoms. The van der Waals surface area contributed by atoms with Gasteiger partial charge in [0.05, 0.1) is 25.0 Å². The molecule has 0 saturated carbocycles. The summed E-state index contributed by atoms with van der Waals surface area (Å²) >= 11 is 1.45. The van der Waals surface area contributed by atoms with Gasteiger partial charge in [-0.3, -0.25) is 4.79 Å². The molecule has 0 amide bonds. The largest absolute Gasteiger partial charge is 0.481 e. The normalized spacial score (nSPS) is 10.2. The molecule has 0 unspecified atom stereocenters. The molecule has 0 bridgehead atoms. The molecule has 6 heteroatoms. The predicted octanol–water partition coefficient (Wildman–Crippen LogP) is 1.71. The van der Waals surface area contributed by atoms with Crippen molar-refractivity contribution >= 4 is 23.0 Å². The average molecular weight is 237 g/mol. The van der Waals surface area contributed by atoms with Crippen LogP contribution in [0.15, 0.2) is 24.0 Å². The maximum atomic E-state index is 10.6. The molecule has 2 aromatic rings. The number of hydrogen-bond acceptors (Lipinski definition) is 4. The highest BCUT2D eigenvalue weighted by atomic mass is 32.1. The summed E-state index contributed by atoms with van der Waals surface area (Å²) in [6.07, 6.45) is 3.40. The smallest absolute Gasteiger partial charge is 0.308 e. The number of hydrogen-bond donors (Lipinski definition) is 3. The van der Waals surface area contributed by atoms with E-state index in [-0.39, 0.29) is 6.42 Å². The number of carboxylic acid groups (broad SMARTS) is 1. The topological polar surface area (TPSA) is 78.0 Å². The fraction of sp³-hybridized carbons (Fsp3) is 0.200. The third kappa shape index (κ3) is 2.60. The third-order valence-electron chi connectivity index (χ3n) is 2.08. The van der Waals surface area contributed by atoms with Gasteiger partial charge in [-0.1, -0.05) is 0 Å². The fourth-order valence-corrected chi connectivity index (χ4v) is 2.19. The molecule has 2 rings (SSSR count). The van der Waals surface area contributed by atoms with Gasteiger partial charge in [0.2, 0.25) is 0 Å². The highest BCUT2D eigenvalue weighted by Gasteiger charge is 2.08. The quantitative estimate of drug-likeness (QED) is 0.739. The molecule has 3 N–H and O–H groups in total. The third-order valence-corrected chi connectivity index (χ3v) is 3.00. The van der Waals surface area contributed by atoms with Crippen LogP contribution < -0.4 is 5.32 Å². The van der Waals surface area contributed by atoms with Crippen molar-refractivity contribution < 1.29 is 9.90 Å². The highest BCUT2D eigenvalue weighted by molar-refractivity contribution is 7.10. The monoisotopic (exact) mass is 237 g/mol. The van der Waals surface area contributed by atoms with E-state index in [4.69, 9.17) is 5.11 Å². The van der Waals surface area contributed by atoms with Crippen molar-refractivity contribution in [3.8, 4) is 0 Å². The molecule has 0 radical (unpaired) electrons. The van der Waals surface area contributed by atoms with Gasteiger partial charge in [-0.15, -0.1) is 11.3 Å². The lowest BCUT2D eigenvalue weighted by atomic mass is 10.3. The summed E-state index contributed by atoms with van der Waals surface area (Å²) in [4.78, 5) is 18.3. The molecule has 2 heterocycles. The van der Waals surface area contributed by atoms with E-state index in [1.807, 2.05) is 11.4 Å². The molecule has 0 aliphatic rings. The Morgan fingerprint density at radius 2 is 2.50 bits per heavy atom. The van der Waals surface area contributed by atoms with Gasteiger partial charge in [0, 0.05) is 16.8 Å². The Balaban J connectivity index is 1.99. The van der Waals surface area contributed by atoms with Crippen molar-refractivity contribution in [3.05, 3.63) is 34.5 Å². The number of aromatic amines is 1. The number of thiophene rings is 1. The molecule has 2 aromatic heterocycles. The highest BCUT2D eigenvalue weighted by Crippen LogP contribution is 2.23. The summed E-state index contributed by atoms with van der Waals surface area (Å²) < 4.78 is 0. The molecule has 5 nitrogen and oxygen atoms in total. The number of nitrogens with zero attached hydrogens (tertiary/aromatic N) is 1. The zero-order valence-corrected chi connectivity index (χ0v) is 9.25. The first-order chi connectivity index (χ1) is 7.75. The molecule has 0 spiro atoms. The maximum absolute atomic E-state index is 10.6. The fourth-order valence-electron chi connectivity index (χ4n) is 1.34. The lowest BCUT2D eigenvalue weighted by Crippen LogP contribution is -2.04. The molecule has 0 saturated heterocycles. The molecule has 84 valence electrons. The Labute approximate surface area is 96.2 Å². The van der Waals surface area contributed by atoms with Crippen LogP contribution >= 0.6 is 11.3 Å². The van der Waals surface area contributed by atoms with Crippen LogP contribution in [0.5, 0.6) is 0 Å².